The molecule has 0 radical (unpaired) electrons. The molecule has 0 heterocycles. The van der Waals surface area contributed by atoms with Crippen LogP contribution in [0.15, 0.2) is 35.9 Å². The monoisotopic (exact) mass is 256 g/mol. The number of hydrogen-bond donors (Lipinski definition) is 2. The van der Waals surface area contributed by atoms with Crippen molar-refractivity contribution in [3.05, 3.63) is 52.6 Å². The Hall–Kier alpha value is -1.54. The van der Waals surface area contributed by atoms with Crippen LogP contribution in [0.4, 0.5) is 5.69 Å². The molecule has 1 aromatic rings. The Bertz CT molecular complexity index is 531. The largest absolute Gasteiger partial charge is 0.398 e. The third-order valence-electron chi connectivity index (χ3n) is 4.28. The minimum Gasteiger partial charge on any atom is -0.398 e. The zero-order valence-electron chi connectivity index (χ0n) is 12.3. The van der Waals surface area contributed by atoms with Crippen molar-refractivity contribution in [2.45, 2.75) is 40.2 Å². The molecule has 1 aromatic carbocycles. The van der Waals surface area contributed by atoms with Crippen molar-refractivity contribution in [3.63, 3.8) is 0 Å². The maximum absolute atomic E-state index is 6.37. The van der Waals surface area contributed by atoms with Gasteiger partial charge in [-0.3, -0.25) is 0 Å². The van der Waals surface area contributed by atoms with Gasteiger partial charge in [0.2, 0.25) is 0 Å². The van der Waals surface area contributed by atoms with Crippen LogP contribution in [0.1, 0.15) is 30.5 Å². The number of rotatable bonds is 2. The van der Waals surface area contributed by atoms with E-state index in [-0.39, 0.29) is 11.5 Å². The third-order valence-corrected chi connectivity index (χ3v) is 4.28. The van der Waals surface area contributed by atoms with Gasteiger partial charge in [0, 0.05) is 17.1 Å². The SMILES string of the molecule is CC1=CC=CC(C)(Cc2cc(C)c(N)c(C)c2)C1N. The molecule has 1 aliphatic rings. The third kappa shape index (κ3) is 2.59. The number of hydrogen-bond acceptors (Lipinski definition) is 2. The van der Waals surface area contributed by atoms with Crippen LogP contribution in [0, 0.1) is 19.3 Å². The highest BCUT2D eigenvalue weighted by atomic mass is 14.7. The molecule has 2 nitrogen and oxygen atoms in total. The lowest BCUT2D eigenvalue weighted by molar-refractivity contribution is 0.360. The van der Waals surface area contributed by atoms with Gasteiger partial charge in [-0.1, -0.05) is 42.9 Å². The highest BCUT2D eigenvalue weighted by Gasteiger charge is 2.32. The smallest absolute Gasteiger partial charge is 0.0373 e. The van der Waals surface area contributed by atoms with E-state index in [1.165, 1.54) is 11.1 Å². The molecule has 0 saturated heterocycles. The summed E-state index contributed by atoms with van der Waals surface area (Å²) in [6.07, 6.45) is 7.39. The Morgan fingerprint density at radius 1 is 1.16 bits per heavy atom. The van der Waals surface area contributed by atoms with Gasteiger partial charge < -0.3 is 11.5 Å². The Labute approximate surface area is 116 Å². The number of benzene rings is 1. The summed E-state index contributed by atoms with van der Waals surface area (Å²) < 4.78 is 0. The predicted molar refractivity (Wildman–Crippen MR) is 83.0 cm³/mol. The molecule has 19 heavy (non-hydrogen) atoms. The van der Waals surface area contributed by atoms with Gasteiger partial charge in [0.25, 0.3) is 0 Å². The summed E-state index contributed by atoms with van der Waals surface area (Å²) >= 11 is 0. The van der Waals surface area contributed by atoms with Gasteiger partial charge in [-0.25, -0.2) is 0 Å². The zero-order valence-corrected chi connectivity index (χ0v) is 12.3. The van der Waals surface area contributed by atoms with E-state index in [2.05, 4.69) is 58.1 Å². The zero-order chi connectivity index (χ0) is 14.2. The molecule has 1 aliphatic carbocycles. The predicted octanol–water partition coefficient (Wildman–Crippen LogP) is 3.28. The molecule has 0 saturated carbocycles. The lowest BCUT2D eigenvalue weighted by Crippen LogP contribution is -2.42. The summed E-state index contributed by atoms with van der Waals surface area (Å²) in [5.41, 5.74) is 18.1. The Kier molecular flexibility index (Phi) is 3.55. The molecule has 2 atom stereocenters. The van der Waals surface area contributed by atoms with E-state index in [9.17, 15) is 0 Å². The van der Waals surface area contributed by atoms with E-state index in [1.54, 1.807) is 0 Å². The molecular weight excluding hydrogens is 232 g/mol. The number of allylic oxidation sites excluding steroid dienone is 2. The second-order valence-corrected chi connectivity index (χ2v) is 6.07. The standard InChI is InChI=1S/C17H24N2/c1-11-6-5-7-17(4,16(11)19)10-14-8-12(2)15(18)13(3)9-14/h5-9,16H,10,18-19H2,1-4H3. The summed E-state index contributed by atoms with van der Waals surface area (Å²) in [5.74, 6) is 0. The van der Waals surface area contributed by atoms with Crippen LogP contribution in [0.25, 0.3) is 0 Å². The maximum Gasteiger partial charge on any atom is 0.0373 e. The van der Waals surface area contributed by atoms with Gasteiger partial charge >= 0.3 is 0 Å². The highest BCUT2D eigenvalue weighted by Crippen LogP contribution is 2.34. The molecule has 0 spiro atoms. The lowest BCUT2D eigenvalue weighted by Gasteiger charge is -2.36. The lowest BCUT2D eigenvalue weighted by atomic mass is 9.72. The van der Waals surface area contributed by atoms with Crippen LogP contribution in [-0.2, 0) is 6.42 Å². The van der Waals surface area contributed by atoms with Gasteiger partial charge in [0.1, 0.15) is 0 Å². The summed E-state index contributed by atoms with van der Waals surface area (Å²) in [4.78, 5) is 0. The van der Waals surface area contributed by atoms with Crippen molar-refractivity contribution in [1.29, 1.82) is 0 Å². The van der Waals surface area contributed by atoms with Crippen molar-refractivity contribution in [3.8, 4) is 0 Å². The topological polar surface area (TPSA) is 52.0 Å². The molecule has 102 valence electrons. The van der Waals surface area contributed by atoms with E-state index in [0.29, 0.717) is 0 Å². The van der Waals surface area contributed by atoms with Crippen molar-refractivity contribution >= 4 is 5.69 Å². The molecule has 2 rings (SSSR count). The Balaban J connectivity index is 2.31. The normalized spacial score (nSPS) is 26.4. The summed E-state index contributed by atoms with van der Waals surface area (Å²) in [6, 6.07) is 4.44. The van der Waals surface area contributed by atoms with E-state index >= 15 is 0 Å². The second kappa shape index (κ2) is 4.86. The van der Waals surface area contributed by atoms with Crippen LogP contribution in [-0.4, -0.2) is 6.04 Å². The fraction of sp³-hybridized carbons (Fsp3) is 0.412. The van der Waals surface area contributed by atoms with Gasteiger partial charge in [0.15, 0.2) is 0 Å². The second-order valence-electron chi connectivity index (χ2n) is 6.07. The fourth-order valence-corrected chi connectivity index (χ4v) is 2.92. The van der Waals surface area contributed by atoms with Gasteiger partial charge in [0.05, 0.1) is 0 Å². The highest BCUT2D eigenvalue weighted by molar-refractivity contribution is 5.54. The minimum atomic E-state index is -0.0200. The first-order valence-corrected chi connectivity index (χ1v) is 6.81. The first kappa shape index (κ1) is 13.9. The number of anilines is 1. The molecular formula is C17H24N2. The number of nitrogens with two attached hydrogens (primary N) is 2. The maximum atomic E-state index is 6.37. The van der Waals surface area contributed by atoms with Gasteiger partial charge in [-0.15, -0.1) is 0 Å². The molecule has 4 N–H and O–H groups in total. The summed E-state index contributed by atoms with van der Waals surface area (Å²) in [6.45, 7) is 8.46. The van der Waals surface area contributed by atoms with Crippen LogP contribution in [0.5, 0.6) is 0 Å². The van der Waals surface area contributed by atoms with Crippen LogP contribution in [0.2, 0.25) is 0 Å². The average molecular weight is 256 g/mol. The molecule has 2 heteroatoms. The Morgan fingerprint density at radius 3 is 2.32 bits per heavy atom. The average Bonchev–Trinajstić information content (AvgIpc) is 2.33. The van der Waals surface area contributed by atoms with Gasteiger partial charge in [-0.2, -0.15) is 0 Å². The molecule has 2 unspecified atom stereocenters. The minimum absolute atomic E-state index is 0.0200. The van der Waals surface area contributed by atoms with Crippen molar-refractivity contribution in [1.82, 2.24) is 0 Å². The molecule has 0 fully saturated rings. The van der Waals surface area contributed by atoms with Crippen molar-refractivity contribution in [2.75, 3.05) is 5.73 Å². The molecule has 0 aliphatic heterocycles. The van der Waals surface area contributed by atoms with Crippen LogP contribution >= 0.6 is 0 Å². The van der Waals surface area contributed by atoms with Crippen molar-refractivity contribution < 1.29 is 0 Å². The summed E-state index contributed by atoms with van der Waals surface area (Å²) in [7, 11) is 0. The van der Waals surface area contributed by atoms with Crippen molar-refractivity contribution in [2.24, 2.45) is 11.1 Å². The van der Waals surface area contributed by atoms with Gasteiger partial charge in [-0.05, 0) is 43.9 Å². The van der Waals surface area contributed by atoms with E-state index in [4.69, 9.17) is 11.5 Å². The van der Waals surface area contributed by atoms with E-state index < -0.39 is 0 Å². The Morgan fingerprint density at radius 2 is 1.74 bits per heavy atom. The number of nitrogen functional groups attached to an aromatic ring is 1. The van der Waals surface area contributed by atoms with Crippen LogP contribution < -0.4 is 11.5 Å². The van der Waals surface area contributed by atoms with Crippen LogP contribution in [0.3, 0.4) is 0 Å². The first-order chi connectivity index (χ1) is 8.83. The fourth-order valence-electron chi connectivity index (χ4n) is 2.92. The summed E-state index contributed by atoms with van der Waals surface area (Å²) in [5, 5.41) is 0. The molecule has 0 bridgehead atoms. The quantitative estimate of drug-likeness (QED) is 0.798. The number of aryl methyl sites for hydroxylation is 2. The molecule has 0 amide bonds. The van der Waals surface area contributed by atoms with E-state index in [0.717, 1.165) is 23.2 Å². The van der Waals surface area contributed by atoms with E-state index in [1.807, 2.05) is 0 Å². The molecule has 0 aromatic heterocycles. The first-order valence-electron chi connectivity index (χ1n) is 6.81.